The quantitative estimate of drug-likeness (QED) is 0.735. The fourth-order valence-corrected chi connectivity index (χ4v) is 2.71. The molecule has 1 unspecified atom stereocenters. The topological polar surface area (TPSA) is 67.2 Å². The zero-order valence-electron chi connectivity index (χ0n) is 7.67. The highest BCUT2D eigenvalue weighted by Crippen LogP contribution is 2.32. The largest absolute Gasteiger partial charge is 0.480 e. The van der Waals surface area contributed by atoms with Crippen LogP contribution in [0.5, 0.6) is 0 Å². The highest BCUT2D eigenvalue weighted by atomic mass is 32.2. The molecule has 0 radical (unpaired) electrons. The van der Waals surface area contributed by atoms with Crippen LogP contribution in [0.15, 0.2) is 12.3 Å². The van der Waals surface area contributed by atoms with Crippen LogP contribution in [0, 0.1) is 0 Å². The van der Waals surface area contributed by atoms with Crippen LogP contribution < -0.4 is 5.32 Å². The van der Waals surface area contributed by atoms with Crippen molar-refractivity contribution in [2.24, 2.45) is 7.05 Å². The van der Waals surface area contributed by atoms with E-state index in [-0.39, 0.29) is 5.37 Å². The van der Waals surface area contributed by atoms with Crippen LogP contribution >= 0.6 is 11.8 Å². The van der Waals surface area contributed by atoms with Crippen molar-refractivity contribution < 1.29 is 9.90 Å². The zero-order chi connectivity index (χ0) is 10.1. The summed E-state index contributed by atoms with van der Waals surface area (Å²) in [6.07, 6.45) is 1.71. The predicted molar refractivity (Wildman–Crippen MR) is 53.0 cm³/mol. The molecule has 0 saturated carbocycles. The lowest BCUT2D eigenvalue weighted by Gasteiger charge is -2.10. The van der Waals surface area contributed by atoms with E-state index in [0.717, 1.165) is 5.69 Å². The molecular weight excluding hydrogens is 202 g/mol. The molecule has 14 heavy (non-hydrogen) atoms. The lowest BCUT2D eigenvalue weighted by Crippen LogP contribution is -2.34. The number of hydrogen-bond acceptors (Lipinski definition) is 4. The Bertz CT molecular complexity index is 352. The van der Waals surface area contributed by atoms with Gasteiger partial charge >= 0.3 is 5.97 Å². The van der Waals surface area contributed by atoms with Gasteiger partial charge in [0.1, 0.15) is 6.04 Å². The lowest BCUT2D eigenvalue weighted by molar-refractivity contribution is -0.138. The minimum Gasteiger partial charge on any atom is -0.480 e. The van der Waals surface area contributed by atoms with Gasteiger partial charge in [0.25, 0.3) is 0 Å². The summed E-state index contributed by atoms with van der Waals surface area (Å²) in [5.41, 5.74) is 1.01. The lowest BCUT2D eigenvalue weighted by atomic mass is 10.3. The summed E-state index contributed by atoms with van der Waals surface area (Å²) in [7, 11) is 1.85. The third-order valence-corrected chi connectivity index (χ3v) is 3.44. The second kappa shape index (κ2) is 3.62. The first-order chi connectivity index (χ1) is 6.68. The Hall–Kier alpha value is -1.01. The van der Waals surface area contributed by atoms with Crippen molar-refractivity contribution in [3.05, 3.63) is 18.0 Å². The van der Waals surface area contributed by atoms with Gasteiger partial charge in [0.2, 0.25) is 0 Å². The molecule has 2 atom stereocenters. The molecule has 2 heterocycles. The van der Waals surface area contributed by atoms with E-state index in [1.165, 1.54) is 0 Å². The fourth-order valence-electron chi connectivity index (χ4n) is 1.43. The molecule has 1 aromatic rings. The number of hydrogen-bond donors (Lipinski definition) is 2. The molecule has 1 aliphatic rings. The van der Waals surface area contributed by atoms with Gasteiger partial charge in [0, 0.05) is 19.0 Å². The summed E-state index contributed by atoms with van der Waals surface area (Å²) in [6, 6.07) is 1.45. The minimum atomic E-state index is -0.790. The molecule has 2 rings (SSSR count). The van der Waals surface area contributed by atoms with Gasteiger partial charge in [-0.05, 0) is 6.07 Å². The molecule has 0 aliphatic carbocycles. The monoisotopic (exact) mass is 213 g/mol. The maximum Gasteiger partial charge on any atom is 0.321 e. The normalized spacial score (nSPS) is 26.6. The van der Waals surface area contributed by atoms with Crippen LogP contribution in [0.2, 0.25) is 0 Å². The summed E-state index contributed by atoms with van der Waals surface area (Å²) < 4.78 is 1.76. The van der Waals surface area contributed by atoms with Crippen LogP contribution in [0.25, 0.3) is 0 Å². The SMILES string of the molecule is Cn1nccc1C1N[C@@H](C(=O)O)CS1. The van der Waals surface area contributed by atoms with Crippen LogP contribution in [-0.4, -0.2) is 32.7 Å². The Balaban J connectivity index is 2.10. The van der Waals surface area contributed by atoms with Gasteiger partial charge in [-0.3, -0.25) is 14.8 Å². The van der Waals surface area contributed by atoms with E-state index in [2.05, 4.69) is 10.4 Å². The molecule has 76 valence electrons. The Morgan fingerprint density at radius 2 is 2.64 bits per heavy atom. The van der Waals surface area contributed by atoms with Gasteiger partial charge in [-0.15, -0.1) is 11.8 Å². The third-order valence-electron chi connectivity index (χ3n) is 2.21. The van der Waals surface area contributed by atoms with Crippen molar-refractivity contribution in [3.8, 4) is 0 Å². The molecule has 1 fully saturated rings. The minimum absolute atomic E-state index is 0.0450. The first-order valence-electron chi connectivity index (χ1n) is 4.27. The van der Waals surface area contributed by atoms with Gasteiger partial charge in [0.05, 0.1) is 11.1 Å². The molecule has 2 N–H and O–H groups in total. The smallest absolute Gasteiger partial charge is 0.321 e. The number of thioether (sulfide) groups is 1. The van der Waals surface area contributed by atoms with E-state index in [9.17, 15) is 4.79 Å². The number of carbonyl (C=O) groups is 1. The van der Waals surface area contributed by atoms with E-state index < -0.39 is 12.0 Å². The maximum absolute atomic E-state index is 10.7. The van der Waals surface area contributed by atoms with E-state index >= 15 is 0 Å². The van der Waals surface area contributed by atoms with Crippen LogP contribution in [0.4, 0.5) is 0 Å². The number of nitrogens with zero attached hydrogens (tertiary/aromatic N) is 2. The highest BCUT2D eigenvalue weighted by Gasteiger charge is 2.31. The molecule has 0 bridgehead atoms. The molecule has 0 spiro atoms. The van der Waals surface area contributed by atoms with Gasteiger partial charge < -0.3 is 5.11 Å². The Morgan fingerprint density at radius 3 is 3.14 bits per heavy atom. The molecular formula is C8H11N3O2S. The van der Waals surface area contributed by atoms with Gasteiger partial charge in [0.15, 0.2) is 0 Å². The van der Waals surface area contributed by atoms with Crippen LogP contribution in [0.1, 0.15) is 11.1 Å². The highest BCUT2D eigenvalue weighted by molar-refractivity contribution is 7.99. The molecule has 5 nitrogen and oxygen atoms in total. The summed E-state index contributed by atoms with van der Waals surface area (Å²) in [5.74, 6) is -0.187. The predicted octanol–water partition coefficient (Wildman–Crippen LogP) is 0.208. The average Bonchev–Trinajstić information content (AvgIpc) is 2.71. The second-order valence-corrected chi connectivity index (χ2v) is 4.29. The Morgan fingerprint density at radius 1 is 1.86 bits per heavy atom. The summed E-state index contributed by atoms with van der Waals surface area (Å²) in [4.78, 5) is 10.7. The number of aliphatic carboxylic acids is 1. The standard InChI is InChI=1S/C8H11N3O2S/c1-11-6(2-3-9-11)7-10-5(4-14-7)8(12)13/h2-3,5,7,10H,4H2,1H3,(H,12,13)/t5-,7?/m1/s1. The second-order valence-electron chi connectivity index (χ2n) is 3.15. The molecule has 1 saturated heterocycles. The van der Waals surface area contributed by atoms with Crippen molar-refractivity contribution in [2.45, 2.75) is 11.4 Å². The Labute approximate surface area is 85.5 Å². The van der Waals surface area contributed by atoms with Crippen LogP contribution in [-0.2, 0) is 11.8 Å². The number of aryl methyl sites for hydroxylation is 1. The first-order valence-corrected chi connectivity index (χ1v) is 5.31. The van der Waals surface area contributed by atoms with Crippen molar-refractivity contribution in [1.82, 2.24) is 15.1 Å². The van der Waals surface area contributed by atoms with Crippen molar-refractivity contribution >= 4 is 17.7 Å². The Kier molecular flexibility index (Phi) is 2.47. The third kappa shape index (κ3) is 1.62. The van der Waals surface area contributed by atoms with Crippen molar-refractivity contribution in [1.29, 1.82) is 0 Å². The fraction of sp³-hybridized carbons (Fsp3) is 0.500. The van der Waals surface area contributed by atoms with E-state index in [0.29, 0.717) is 5.75 Å². The first kappa shape index (κ1) is 9.54. The van der Waals surface area contributed by atoms with E-state index in [4.69, 9.17) is 5.11 Å². The number of nitrogens with one attached hydrogen (secondary N) is 1. The maximum atomic E-state index is 10.7. The molecule has 0 amide bonds. The van der Waals surface area contributed by atoms with E-state index in [1.54, 1.807) is 22.6 Å². The summed E-state index contributed by atoms with van der Waals surface area (Å²) >= 11 is 1.60. The molecule has 1 aromatic heterocycles. The molecule has 1 aliphatic heterocycles. The zero-order valence-corrected chi connectivity index (χ0v) is 8.49. The molecule has 6 heteroatoms. The number of carboxylic acid groups (broad SMARTS) is 1. The van der Waals surface area contributed by atoms with Crippen molar-refractivity contribution in [3.63, 3.8) is 0 Å². The summed E-state index contributed by atoms with van der Waals surface area (Å²) in [5, 5.41) is 15.9. The van der Waals surface area contributed by atoms with Gasteiger partial charge in [-0.1, -0.05) is 0 Å². The van der Waals surface area contributed by atoms with Gasteiger partial charge in [-0.2, -0.15) is 5.10 Å². The van der Waals surface area contributed by atoms with Crippen LogP contribution in [0.3, 0.4) is 0 Å². The van der Waals surface area contributed by atoms with E-state index in [1.807, 2.05) is 13.1 Å². The van der Waals surface area contributed by atoms with Gasteiger partial charge in [-0.25, -0.2) is 0 Å². The number of rotatable bonds is 2. The summed E-state index contributed by atoms with van der Waals surface area (Å²) in [6.45, 7) is 0. The number of carboxylic acids is 1. The number of aromatic nitrogens is 2. The van der Waals surface area contributed by atoms with Crippen molar-refractivity contribution in [2.75, 3.05) is 5.75 Å². The molecule has 0 aromatic carbocycles. The average molecular weight is 213 g/mol.